The van der Waals surface area contributed by atoms with Gasteiger partial charge in [-0.2, -0.15) is 0 Å². The lowest BCUT2D eigenvalue weighted by atomic mass is 10.0. The SMILES string of the molecule is O=S(=O)([O-])Nc1ccc(C[C@H](Nc2nc(-c3cccc(CO)c3)cs2)c2csc(C3CC3)n2)cc1.[NH4+]. The first kappa shape index (κ1) is 26.2. The highest BCUT2D eigenvalue weighted by atomic mass is 32.2. The zero-order chi connectivity index (χ0) is 24.4. The van der Waals surface area contributed by atoms with Crippen molar-refractivity contribution in [2.75, 3.05) is 10.0 Å². The van der Waals surface area contributed by atoms with Gasteiger partial charge in [0.1, 0.15) is 0 Å². The van der Waals surface area contributed by atoms with E-state index in [9.17, 15) is 18.1 Å². The first-order valence-electron chi connectivity index (χ1n) is 11.1. The molecule has 2 aromatic carbocycles. The normalized spacial score (nSPS) is 14.2. The molecular formula is C24H27N5O4S3. The summed E-state index contributed by atoms with van der Waals surface area (Å²) in [5.41, 5.74) is 4.74. The van der Waals surface area contributed by atoms with Crippen LogP contribution in [0.4, 0.5) is 10.8 Å². The van der Waals surface area contributed by atoms with Crippen LogP contribution in [0, 0.1) is 0 Å². The maximum Gasteiger partial charge on any atom is 0.183 e. The van der Waals surface area contributed by atoms with E-state index in [0.29, 0.717) is 12.3 Å². The second-order valence-electron chi connectivity index (χ2n) is 8.44. The van der Waals surface area contributed by atoms with Gasteiger partial charge < -0.3 is 21.1 Å². The molecule has 0 bridgehead atoms. The quantitative estimate of drug-likeness (QED) is 0.197. The Bertz CT molecular complexity index is 1420. The number of thiazole rings is 2. The number of hydrogen-bond acceptors (Lipinski definition) is 9. The van der Waals surface area contributed by atoms with E-state index in [-0.39, 0.29) is 24.5 Å². The molecule has 4 aromatic rings. The summed E-state index contributed by atoms with van der Waals surface area (Å²) in [6.45, 7) is -0.0205. The molecule has 1 aliphatic carbocycles. The van der Waals surface area contributed by atoms with Crippen LogP contribution in [0.15, 0.2) is 59.3 Å². The van der Waals surface area contributed by atoms with Gasteiger partial charge in [0.15, 0.2) is 15.4 Å². The van der Waals surface area contributed by atoms with E-state index in [0.717, 1.165) is 38.2 Å². The number of anilines is 2. The van der Waals surface area contributed by atoms with Crippen molar-refractivity contribution in [3.8, 4) is 11.3 Å². The molecule has 36 heavy (non-hydrogen) atoms. The topological polar surface area (TPSA) is 164 Å². The Morgan fingerprint density at radius 3 is 2.53 bits per heavy atom. The van der Waals surface area contributed by atoms with E-state index in [4.69, 9.17) is 9.97 Å². The van der Waals surface area contributed by atoms with Gasteiger partial charge in [0.25, 0.3) is 0 Å². The summed E-state index contributed by atoms with van der Waals surface area (Å²) in [6.07, 6.45) is 2.98. The second-order valence-corrected chi connectivity index (χ2v) is 11.3. The van der Waals surface area contributed by atoms with Crippen LogP contribution in [0.2, 0.25) is 0 Å². The average Bonchev–Trinajstić information content (AvgIpc) is 3.37. The number of aliphatic hydroxyl groups excluding tert-OH is 1. The highest BCUT2D eigenvalue weighted by molar-refractivity contribution is 7.87. The fourth-order valence-electron chi connectivity index (χ4n) is 3.75. The van der Waals surface area contributed by atoms with Crippen LogP contribution < -0.4 is 16.2 Å². The fourth-order valence-corrected chi connectivity index (χ4v) is 5.99. The zero-order valence-corrected chi connectivity index (χ0v) is 22.0. The fraction of sp³-hybridized carbons (Fsp3) is 0.250. The lowest BCUT2D eigenvalue weighted by Crippen LogP contribution is -2.14. The van der Waals surface area contributed by atoms with Crippen LogP contribution in [0.25, 0.3) is 11.3 Å². The van der Waals surface area contributed by atoms with Crippen molar-refractivity contribution in [3.05, 3.63) is 81.1 Å². The molecule has 0 spiro atoms. The first-order chi connectivity index (χ1) is 16.9. The van der Waals surface area contributed by atoms with Crippen LogP contribution in [0.5, 0.6) is 0 Å². The van der Waals surface area contributed by atoms with Crippen LogP contribution in [-0.4, -0.2) is 28.0 Å². The molecule has 5 rings (SSSR count). The molecule has 1 saturated carbocycles. The van der Waals surface area contributed by atoms with Gasteiger partial charge in [0.2, 0.25) is 0 Å². The van der Waals surface area contributed by atoms with Gasteiger partial charge in [-0.1, -0.05) is 30.3 Å². The Morgan fingerprint density at radius 2 is 1.83 bits per heavy atom. The van der Waals surface area contributed by atoms with Crippen molar-refractivity contribution in [3.63, 3.8) is 0 Å². The Balaban J connectivity index is 0.00000304. The van der Waals surface area contributed by atoms with Gasteiger partial charge in [-0.3, -0.25) is 4.72 Å². The number of aliphatic hydroxyl groups is 1. The molecule has 190 valence electrons. The van der Waals surface area contributed by atoms with E-state index in [1.807, 2.05) is 34.4 Å². The molecule has 9 nitrogen and oxygen atoms in total. The summed E-state index contributed by atoms with van der Waals surface area (Å²) >= 11 is 3.19. The third-order valence-corrected chi connectivity index (χ3v) is 7.95. The van der Waals surface area contributed by atoms with Crippen LogP contribution >= 0.6 is 22.7 Å². The average molecular weight is 546 g/mol. The zero-order valence-electron chi connectivity index (χ0n) is 19.5. The lowest BCUT2D eigenvalue weighted by molar-refractivity contribution is 0.282. The van der Waals surface area contributed by atoms with Crippen LogP contribution in [0.1, 0.15) is 46.6 Å². The first-order valence-corrected chi connectivity index (χ1v) is 14.2. The number of benzene rings is 2. The molecule has 2 heterocycles. The minimum atomic E-state index is -4.56. The van der Waals surface area contributed by atoms with E-state index in [2.05, 4.69) is 10.7 Å². The monoisotopic (exact) mass is 545 g/mol. The van der Waals surface area contributed by atoms with Gasteiger partial charge in [-0.25, -0.2) is 18.4 Å². The van der Waals surface area contributed by atoms with Crippen LogP contribution in [0.3, 0.4) is 0 Å². The van der Waals surface area contributed by atoms with Crippen molar-refractivity contribution in [1.82, 2.24) is 16.1 Å². The van der Waals surface area contributed by atoms with Gasteiger partial charge in [-0.05, 0) is 48.6 Å². The molecule has 1 aliphatic rings. The highest BCUT2D eigenvalue weighted by Crippen LogP contribution is 2.42. The van der Waals surface area contributed by atoms with E-state index >= 15 is 0 Å². The molecule has 2 aromatic heterocycles. The number of hydrogen-bond donors (Lipinski definition) is 4. The number of aromatic nitrogens is 2. The molecular weight excluding hydrogens is 518 g/mol. The Labute approximate surface area is 217 Å². The molecule has 1 fully saturated rings. The summed E-state index contributed by atoms with van der Waals surface area (Å²) in [5.74, 6) is 0.569. The summed E-state index contributed by atoms with van der Waals surface area (Å²) in [4.78, 5) is 9.65. The number of rotatable bonds is 10. The van der Waals surface area contributed by atoms with E-state index in [1.165, 1.54) is 24.2 Å². The van der Waals surface area contributed by atoms with Crippen molar-refractivity contribution in [2.45, 2.75) is 37.8 Å². The molecule has 1 atom stereocenters. The minimum absolute atomic E-state index is 0. The van der Waals surface area contributed by atoms with Gasteiger partial charge in [-0.15, -0.1) is 22.7 Å². The predicted octanol–water partition coefficient (Wildman–Crippen LogP) is 5.28. The van der Waals surface area contributed by atoms with Crippen molar-refractivity contribution < 1.29 is 18.1 Å². The molecule has 0 radical (unpaired) electrons. The number of nitrogens with zero attached hydrogens (tertiary/aromatic N) is 2. The number of quaternary nitrogens is 1. The minimum Gasteiger partial charge on any atom is -0.731 e. The Hall–Kier alpha value is -2.87. The van der Waals surface area contributed by atoms with Gasteiger partial charge >= 0.3 is 0 Å². The standard InChI is InChI=1S/C24H24N4O4S3.H3N/c29-12-16-2-1-3-18(10-16)21-13-34-24(27-21)26-20(22-14-33-23(25-22)17-6-7-17)11-15-4-8-19(9-5-15)28-35(30,31)32;/h1-5,8-10,13-14,17,20,28-29H,6-7,11-12H2,(H,26,27)(H,30,31,32);1H3/t20-;/m0./s1. The summed E-state index contributed by atoms with van der Waals surface area (Å²) in [7, 11) is -4.56. The van der Waals surface area contributed by atoms with Crippen molar-refractivity contribution in [1.29, 1.82) is 0 Å². The number of nitrogens with one attached hydrogen (secondary N) is 2. The maximum atomic E-state index is 11.0. The molecule has 0 amide bonds. The van der Waals surface area contributed by atoms with Crippen LogP contribution in [-0.2, 0) is 23.3 Å². The van der Waals surface area contributed by atoms with Gasteiger partial charge in [0, 0.05) is 27.9 Å². The molecule has 12 heteroatoms. The third-order valence-electron chi connectivity index (χ3n) is 5.67. The lowest BCUT2D eigenvalue weighted by Gasteiger charge is -2.17. The maximum absolute atomic E-state index is 11.0. The van der Waals surface area contributed by atoms with E-state index in [1.54, 1.807) is 35.6 Å². The smallest absolute Gasteiger partial charge is 0.183 e. The van der Waals surface area contributed by atoms with Crippen molar-refractivity contribution in [2.24, 2.45) is 0 Å². The van der Waals surface area contributed by atoms with Crippen molar-refractivity contribution >= 4 is 43.8 Å². The van der Waals surface area contributed by atoms with E-state index < -0.39 is 10.3 Å². The summed E-state index contributed by atoms with van der Waals surface area (Å²) in [6, 6.07) is 14.3. The molecule has 0 unspecified atom stereocenters. The summed E-state index contributed by atoms with van der Waals surface area (Å²) < 4.78 is 34.8. The molecule has 7 N–H and O–H groups in total. The third kappa shape index (κ3) is 6.66. The Morgan fingerprint density at radius 1 is 1.06 bits per heavy atom. The summed E-state index contributed by atoms with van der Waals surface area (Å²) in [5, 5.41) is 19.0. The predicted molar refractivity (Wildman–Crippen MR) is 143 cm³/mol. The molecule has 0 aliphatic heterocycles. The largest absolute Gasteiger partial charge is 0.731 e. The van der Waals surface area contributed by atoms with Gasteiger partial charge in [0.05, 0.1) is 29.0 Å². The second kappa shape index (κ2) is 11.0. The Kier molecular flexibility index (Phi) is 8.03. The highest BCUT2D eigenvalue weighted by Gasteiger charge is 2.28. The molecule has 0 saturated heterocycles.